The third kappa shape index (κ3) is 4.55. The van der Waals surface area contributed by atoms with E-state index in [0.29, 0.717) is 58.7 Å². The van der Waals surface area contributed by atoms with E-state index < -0.39 is 12.0 Å². The smallest absolute Gasteiger partial charge is 0.316 e. The topological polar surface area (TPSA) is 96.6 Å². The van der Waals surface area contributed by atoms with Crippen molar-refractivity contribution < 1.29 is 23.0 Å². The largest absolute Gasteiger partial charge is 0.468 e. The fourth-order valence-electron chi connectivity index (χ4n) is 6.56. The summed E-state index contributed by atoms with van der Waals surface area (Å²) in [5.74, 6) is 0.599. The molecular formula is C31H30F2N6O3. The minimum absolute atomic E-state index is 0.0252. The molecular weight excluding hydrogens is 542 g/mol. The molecule has 0 unspecified atom stereocenters. The molecule has 3 aliphatic heterocycles. The van der Waals surface area contributed by atoms with Gasteiger partial charge in [-0.05, 0) is 55.5 Å². The number of methoxy groups -OCH3 is 1. The van der Waals surface area contributed by atoms with Gasteiger partial charge >= 0.3 is 6.01 Å². The van der Waals surface area contributed by atoms with Gasteiger partial charge in [-0.25, -0.2) is 18.7 Å². The van der Waals surface area contributed by atoms with Crippen molar-refractivity contribution in [3.05, 3.63) is 47.9 Å². The molecule has 9 nitrogen and oxygen atoms in total. The first kappa shape index (κ1) is 26.7. The summed E-state index contributed by atoms with van der Waals surface area (Å²) in [6.45, 7) is 3.35. The van der Waals surface area contributed by atoms with E-state index >= 15 is 0 Å². The van der Waals surface area contributed by atoms with Gasteiger partial charge in [-0.3, -0.25) is 4.90 Å². The molecule has 0 radical (unpaired) electrons. The molecule has 0 amide bonds. The minimum Gasteiger partial charge on any atom is -0.468 e. The van der Waals surface area contributed by atoms with Crippen molar-refractivity contribution in [2.75, 3.05) is 51.6 Å². The van der Waals surface area contributed by atoms with Gasteiger partial charge in [0.15, 0.2) is 6.79 Å². The van der Waals surface area contributed by atoms with Crippen molar-refractivity contribution in [2.24, 2.45) is 0 Å². The highest BCUT2D eigenvalue weighted by atomic mass is 19.1. The molecule has 0 spiro atoms. The van der Waals surface area contributed by atoms with Crippen LogP contribution in [-0.4, -0.2) is 78.3 Å². The molecule has 5 heterocycles. The van der Waals surface area contributed by atoms with E-state index in [-0.39, 0.29) is 23.9 Å². The van der Waals surface area contributed by atoms with E-state index in [9.17, 15) is 14.0 Å². The van der Waals surface area contributed by atoms with Gasteiger partial charge in [-0.1, -0.05) is 6.07 Å². The summed E-state index contributed by atoms with van der Waals surface area (Å²) in [7, 11) is 1.53. The van der Waals surface area contributed by atoms with Crippen molar-refractivity contribution in [2.45, 2.75) is 37.4 Å². The monoisotopic (exact) mass is 572 g/mol. The number of benzene rings is 2. The number of halogens is 2. The van der Waals surface area contributed by atoms with Crippen LogP contribution in [0.3, 0.4) is 0 Å². The van der Waals surface area contributed by atoms with Gasteiger partial charge < -0.3 is 19.1 Å². The standard InChI is InChI=1S/C31H30F2N6O3/c1-40-18-42-21-10-19-4-5-25(33)23(14-34)28(19)22(11-21)26-12-27-24(29(36-26)38-7-3-8-38)15-35-30(37-27)41-17-31-6-2-9-39(31)16-20(32)13-31/h4-5,10-12,15,20H,2-3,6-9,13,16-18H2,1H3/t20-,31+/m1/s1. The van der Waals surface area contributed by atoms with E-state index in [4.69, 9.17) is 24.2 Å². The number of pyridine rings is 1. The maximum Gasteiger partial charge on any atom is 0.316 e. The number of rotatable bonds is 8. The molecule has 3 saturated heterocycles. The number of alkyl halides is 1. The van der Waals surface area contributed by atoms with Crippen LogP contribution in [0.4, 0.5) is 14.6 Å². The average Bonchev–Trinajstić information content (AvgIpc) is 3.49. The Hall–Kier alpha value is -4.14. The zero-order valence-electron chi connectivity index (χ0n) is 23.3. The number of aromatic nitrogens is 3. The SMILES string of the molecule is COCOc1cc(-c2cc3nc(OC[C@@]45CCCN4C[C@H](F)C5)ncc3c(N3CCC3)n2)c2c(C#N)c(F)ccc2c1. The molecule has 2 aromatic heterocycles. The summed E-state index contributed by atoms with van der Waals surface area (Å²) < 4.78 is 46.1. The Morgan fingerprint density at radius 2 is 2.00 bits per heavy atom. The lowest BCUT2D eigenvalue weighted by Crippen LogP contribution is -2.43. The predicted octanol–water partition coefficient (Wildman–Crippen LogP) is 5.00. The van der Waals surface area contributed by atoms with Crippen molar-refractivity contribution in [3.8, 4) is 29.1 Å². The summed E-state index contributed by atoms with van der Waals surface area (Å²) in [5.41, 5.74) is 1.28. The fraction of sp³-hybridized carbons (Fsp3) is 0.419. The lowest BCUT2D eigenvalue weighted by atomic mass is 9.95. The van der Waals surface area contributed by atoms with E-state index in [0.717, 1.165) is 44.3 Å². The summed E-state index contributed by atoms with van der Waals surface area (Å²) in [4.78, 5) is 18.6. The van der Waals surface area contributed by atoms with Crippen LogP contribution in [0.1, 0.15) is 31.2 Å². The molecule has 216 valence electrons. The van der Waals surface area contributed by atoms with Gasteiger partial charge in [0, 0.05) is 50.3 Å². The maximum absolute atomic E-state index is 14.9. The van der Waals surface area contributed by atoms with E-state index in [1.807, 2.05) is 6.07 Å². The van der Waals surface area contributed by atoms with Gasteiger partial charge in [0.2, 0.25) is 0 Å². The highest BCUT2D eigenvalue weighted by molar-refractivity contribution is 6.03. The van der Waals surface area contributed by atoms with Crippen molar-refractivity contribution in [1.29, 1.82) is 5.26 Å². The van der Waals surface area contributed by atoms with Crippen LogP contribution in [0, 0.1) is 17.1 Å². The maximum atomic E-state index is 14.9. The first-order chi connectivity index (χ1) is 20.5. The predicted molar refractivity (Wildman–Crippen MR) is 153 cm³/mol. The second kappa shape index (κ2) is 10.6. The van der Waals surface area contributed by atoms with E-state index in [1.165, 1.54) is 13.2 Å². The first-order valence-electron chi connectivity index (χ1n) is 14.2. The molecule has 2 atom stereocenters. The van der Waals surface area contributed by atoms with Gasteiger partial charge in [0.1, 0.15) is 36.2 Å². The number of nitriles is 1. The average molecular weight is 573 g/mol. The van der Waals surface area contributed by atoms with Crippen LogP contribution in [0.25, 0.3) is 32.9 Å². The Bertz CT molecular complexity index is 1730. The van der Waals surface area contributed by atoms with Crippen LogP contribution >= 0.6 is 0 Å². The van der Waals surface area contributed by atoms with Gasteiger partial charge in [0.05, 0.1) is 27.7 Å². The molecule has 7 rings (SSSR count). The third-order valence-corrected chi connectivity index (χ3v) is 8.69. The number of hydrogen-bond acceptors (Lipinski definition) is 9. The summed E-state index contributed by atoms with van der Waals surface area (Å²) >= 11 is 0. The molecule has 0 bridgehead atoms. The molecule has 3 fully saturated rings. The zero-order valence-corrected chi connectivity index (χ0v) is 23.3. The molecule has 0 N–H and O–H groups in total. The lowest BCUT2D eigenvalue weighted by molar-refractivity contribution is 0.0512. The second-order valence-corrected chi connectivity index (χ2v) is 11.3. The molecule has 0 aliphatic carbocycles. The summed E-state index contributed by atoms with van der Waals surface area (Å²) in [6.07, 6.45) is 4.28. The minimum atomic E-state index is -0.847. The fourth-order valence-corrected chi connectivity index (χ4v) is 6.56. The van der Waals surface area contributed by atoms with E-state index in [2.05, 4.69) is 14.8 Å². The Kier molecular flexibility index (Phi) is 6.75. The summed E-state index contributed by atoms with van der Waals surface area (Å²) in [6, 6.07) is 10.4. The third-order valence-electron chi connectivity index (χ3n) is 8.69. The van der Waals surface area contributed by atoms with Crippen molar-refractivity contribution >= 4 is 27.5 Å². The zero-order chi connectivity index (χ0) is 28.8. The second-order valence-electron chi connectivity index (χ2n) is 11.3. The normalized spacial score (nSPS) is 21.9. The number of fused-ring (bicyclic) bond motifs is 3. The highest BCUT2D eigenvalue weighted by Gasteiger charge is 2.49. The molecule has 2 aromatic carbocycles. The van der Waals surface area contributed by atoms with E-state index in [1.54, 1.807) is 30.5 Å². The van der Waals surface area contributed by atoms with Crippen LogP contribution in [-0.2, 0) is 4.74 Å². The van der Waals surface area contributed by atoms with Crippen molar-refractivity contribution in [3.63, 3.8) is 0 Å². The first-order valence-corrected chi connectivity index (χ1v) is 14.2. The van der Waals surface area contributed by atoms with Gasteiger partial charge in [0.25, 0.3) is 0 Å². The quantitative estimate of drug-likeness (QED) is 0.270. The van der Waals surface area contributed by atoms with Crippen LogP contribution < -0.4 is 14.4 Å². The highest BCUT2D eigenvalue weighted by Crippen LogP contribution is 2.41. The Morgan fingerprint density at radius 1 is 1.12 bits per heavy atom. The molecule has 3 aliphatic rings. The Balaban J connectivity index is 1.34. The molecule has 4 aromatic rings. The number of ether oxygens (including phenoxy) is 3. The van der Waals surface area contributed by atoms with Gasteiger partial charge in [-0.15, -0.1) is 0 Å². The molecule has 42 heavy (non-hydrogen) atoms. The lowest BCUT2D eigenvalue weighted by Gasteiger charge is -2.33. The number of nitrogens with zero attached hydrogens (tertiary/aromatic N) is 6. The molecule has 0 saturated carbocycles. The number of anilines is 1. The molecule has 11 heteroatoms. The number of hydrogen-bond donors (Lipinski definition) is 0. The van der Waals surface area contributed by atoms with Crippen LogP contribution in [0.15, 0.2) is 36.5 Å². The van der Waals surface area contributed by atoms with Crippen LogP contribution in [0.2, 0.25) is 0 Å². The van der Waals surface area contributed by atoms with Crippen LogP contribution in [0.5, 0.6) is 11.8 Å². The Morgan fingerprint density at radius 3 is 2.79 bits per heavy atom. The van der Waals surface area contributed by atoms with Gasteiger partial charge in [-0.2, -0.15) is 10.2 Å². The van der Waals surface area contributed by atoms with Crippen molar-refractivity contribution in [1.82, 2.24) is 19.9 Å². The Labute approximate surface area is 241 Å². The summed E-state index contributed by atoms with van der Waals surface area (Å²) in [5, 5.41) is 11.7.